The lowest BCUT2D eigenvalue weighted by Crippen LogP contribution is -2.30. The molecule has 2 aromatic rings. The molecule has 0 saturated heterocycles. The molecule has 0 bridgehead atoms. The lowest BCUT2D eigenvalue weighted by molar-refractivity contribution is 0.143. The molecule has 8 nitrogen and oxygen atoms in total. The summed E-state index contributed by atoms with van der Waals surface area (Å²) in [5, 5.41) is 6.57. The number of aliphatic imine (C=N–C) groups is 1. The SMILES string of the molecule is CCNC(=NCc1cccnc1OCCOC)Nc1cccc(OCCCOC)c1. The molecule has 2 N–H and O–H groups in total. The third-order valence-corrected chi connectivity index (χ3v) is 3.99. The lowest BCUT2D eigenvalue weighted by atomic mass is 10.3. The van der Waals surface area contributed by atoms with Gasteiger partial charge in [-0.3, -0.25) is 0 Å². The van der Waals surface area contributed by atoms with E-state index in [9.17, 15) is 0 Å². The first-order valence-corrected chi connectivity index (χ1v) is 10.1. The summed E-state index contributed by atoms with van der Waals surface area (Å²) in [5.41, 5.74) is 1.79. The Bertz CT molecular complexity index is 770. The number of anilines is 1. The van der Waals surface area contributed by atoms with E-state index in [2.05, 4.69) is 20.6 Å². The van der Waals surface area contributed by atoms with Gasteiger partial charge in [-0.25, -0.2) is 9.98 Å². The van der Waals surface area contributed by atoms with Crippen molar-refractivity contribution in [3.8, 4) is 11.6 Å². The Morgan fingerprint density at radius 1 is 1.00 bits per heavy atom. The van der Waals surface area contributed by atoms with Gasteiger partial charge in [-0.1, -0.05) is 12.1 Å². The van der Waals surface area contributed by atoms with E-state index in [0.717, 1.165) is 30.0 Å². The van der Waals surface area contributed by atoms with E-state index in [0.29, 0.717) is 44.8 Å². The molecular weight excluding hydrogens is 384 g/mol. The van der Waals surface area contributed by atoms with Crippen LogP contribution in [0.15, 0.2) is 47.6 Å². The first-order valence-electron chi connectivity index (χ1n) is 10.1. The summed E-state index contributed by atoms with van der Waals surface area (Å²) in [6, 6.07) is 11.6. The zero-order valence-corrected chi connectivity index (χ0v) is 18.0. The lowest BCUT2D eigenvalue weighted by Gasteiger charge is -2.13. The van der Waals surface area contributed by atoms with Crippen molar-refractivity contribution in [2.24, 2.45) is 4.99 Å². The molecule has 0 aliphatic rings. The molecule has 164 valence electrons. The number of nitrogens with one attached hydrogen (secondary N) is 2. The highest BCUT2D eigenvalue weighted by atomic mass is 16.5. The Kier molecular flexibility index (Phi) is 11.1. The molecule has 0 aliphatic heterocycles. The van der Waals surface area contributed by atoms with Crippen molar-refractivity contribution in [3.63, 3.8) is 0 Å². The first kappa shape index (κ1) is 23.4. The van der Waals surface area contributed by atoms with Gasteiger partial charge in [0.15, 0.2) is 5.96 Å². The maximum Gasteiger partial charge on any atom is 0.218 e. The summed E-state index contributed by atoms with van der Waals surface area (Å²) >= 11 is 0. The molecule has 0 aliphatic carbocycles. The molecule has 0 fully saturated rings. The average Bonchev–Trinajstić information content (AvgIpc) is 2.76. The number of hydrogen-bond donors (Lipinski definition) is 2. The Morgan fingerprint density at radius 2 is 1.87 bits per heavy atom. The van der Waals surface area contributed by atoms with Gasteiger partial charge in [0.2, 0.25) is 5.88 Å². The predicted molar refractivity (Wildman–Crippen MR) is 118 cm³/mol. The monoisotopic (exact) mass is 416 g/mol. The molecule has 8 heteroatoms. The second-order valence-corrected chi connectivity index (χ2v) is 6.35. The van der Waals surface area contributed by atoms with Crippen LogP contribution in [0.2, 0.25) is 0 Å². The summed E-state index contributed by atoms with van der Waals surface area (Å²) in [7, 11) is 3.33. The summed E-state index contributed by atoms with van der Waals surface area (Å²) in [5.74, 6) is 2.04. The zero-order valence-electron chi connectivity index (χ0n) is 18.0. The van der Waals surface area contributed by atoms with E-state index in [4.69, 9.17) is 18.9 Å². The number of aromatic nitrogens is 1. The minimum Gasteiger partial charge on any atom is -0.493 e. The van der Waals surface area contributed by atoms with E-state index in [1.54, 1.807) is 20.4 Å². The van der Waals surface area contributed by atoms with Crippen LogP contribution in [0.25, 0.3) is 0 Å². The minimum atomic E-state index is 0.429. The number of hydrogen-bond acceptors (Lipinski definition) is 6. The van der Waals surface area contributed by atoms with E-state index in [-0.39, 0.29) is 0 Å². The molecule has 2 rings (SSSR count). The maximum absolute atomic E-state index is 5.77. The highest BCUT2D eigenvalue weighted by Gasteiger charge is 2.06. The molecule has 0 atom stereocenters. The average molecular weight is 417 g/mol. The summed E-state index contributed by atoms with van der Waals surface area (Å²) in [6.45, 7) is 5.43. The van der Waals surface area contributed by atoms with E-state index in [1.165, 1.54) is 0 Å². The fourth-order valence-corrected chi connectivity index (χ4v) is 2.56. The van der Waals surface area contributed by atoms with Crippen molar-refractivity contribution in [2.75, 3.05) is 52.5 Å². The molecule has 0 unspecified atom stereocenters. The third-order valence-electron chi connectivity index (χ3n) is 3.99. The molecule has 0 spiro atoms. The second kappa shape index (κ2) is 14.2. The zero-order chi connectivity index (χ0) is 21.4. The maximum atomic E-state index is 5.77. The number of ether oxygens (including phenoxy) is 4. The number of nitrogens with zero attached hydrogens (tertiary/aromatic N) is 2. The summed E-state index contributed by atoms with van der Waals surface area (Å²) in [6.07, 6.45) is 2.55. The number of benzene rings is 1. The van der Waals surface area contributed by atoms with E-state index in [1.807, 2.05) is 43.3 Å². The van der Waals surface area contributed by atoms with Gasteiger partial charge < -0.3 is 29.6 Å². The Morgan fingerprint density at radius 3 is 2.67 bits per heavy atom. The number of methoxy groups -OCH3 is 2. The molecule has 30 heavy (non-hydrogen) atoms. The van der Waals surface area contributed by atoms with Crippen LogP contribution in [0.1, 0.15) is 18.9 Å². The molecule has 0 amide bonds. The quantitative estimate of drug-likeness (QED) is 0.295. The van der Waals surface area contributed by atoms with Crippen LogP contribution in [0.5, 0.6) is 11.6 Å². The van der Waals surface area contributed by atoms with Gasteiger partial charge in [0, 0.05) is 57.3 Å². The van der Waals surface area contributed by atoms with Crippen LogP contribution in [-0.2, 0) is 16.0 Å². The normalized spacial score (nSPS) is 11.2. The number of guanidine groups is 1. The summed E-state index contributed by atoms with van der Waals surface area (Å²) in [4.78, 5) is 8.97. The van der Waals surface area contributed by atoms with Gasteiger partial charge in [0.05, 0.1) is 19.8 Å². The molecule has 1 aromatic heterocycles. The fraction of sp³-hybridized carbons (Fsp3) is 0.455. The summed E-state index contributed by atoms with van der Waals surface area (Å²) < 4.78 is 21.5. The molecular formula is C22H32N4O4. The van der Waals surface area contributed by atoms with Crippen LogP contribution >= 0.6 is 0 Å². The molecule has 1 aromatic carbocycles. The van der Waals surface area contributed by atoms with Crippen LogP contribution in [0.3, 0.4) is 0 Å². The van der Waals surface area contributed by atoms with E-state index >= 15 is 0 Å². The van der Waals surface area contributed by atoms with Crippen molar-refractivity contribution in [1.82, 2.24) is 10.3 Å². The van der Waals surface area contributed by atoms with Crippen molar-refractivity contribution < 1.29 is 18.9 Å². The van der Waals surface area contributed by atoms with Crippen LogP contribution < -0.4 is 20.1 Å². The van der Waals surface area contributed by atoms with Gasteiger partial charge >= 0.3 is 0 Å². The molecule has 1 heterocycles. The van der Waals surface area contributed by atoms with Crippen LogP contribution in [0, 0.1) is 0 Å². The second-order valence-electron chi connectivity index (χ2n) is 6.35. The van der Waals surface area contributed by atoms with Crippen molar-refractivity contribution >= 4 is 11.6 Å². The topological polar surface area (TPSA) is 86.2 Å². The highest BCUT2D eigenvalue weighted by molar-refractivity contribution is 5.93. The smallest absolute Gasteiger partial charge is 0.218 e. The Hall–Kier alpha value is -2.84. The minimum absolute atomic E-state index is 0.429. The Balaban J connectivity index is 2.01. The standard InChI is InChI=1S/C22H32N4O4/c1-4-23-22(25-17-18-8-6-11-24-21(18)30-15-14-28-3)26-19-9-5-10-20(16-19)29-13-7-12-27-2/h5-6,8-11,16H,4,7,12-15,17H2,1-3H3,(H2,23,25,26). The van der Waals surface area contributed by atoms with Crippen molar-refractivity contribution in [1.29, 1.82) is 0 Å². The molecule has 0 saturated carbocycles. The van der Waals surface area contributed by atoms with Crippen molar-refractivity contribution in [3.05, 3.63) is 48.2 Å². The van der Waals surface area contributed by atoms with Gasteiger partial charge in [0.1, 0.15) is 12.4 Å². The predicted octanol–water partition coefficient (Wildman–Crippen LogP) is 3.10. The largest absolute Gasteiger partial charge is 0.493 e. The van der Waals surface area contributed by atoms with Crippen LogP contribution in [-0.4, -0.2) is 58.1 Å². The molecule has 0 radical (unpaired) electrons. The Labute approximate surface area is 178 Å². The first-order chi connectivity index (χ1) is 14.8. The van der Waals surface area contributed by atoms with Gasteiger partial charge in [-0.05, 0) is 25.1 Å². The highest BCUT2D eigenvalue weighted by Crippen LogP contribution is 2.18. The van der Waals surface area contributed by atoms with Gasteiger partial charge in [-0.2, -0.15) is 0 Å². The fourth-order valence-electron chi connectivity index (χ4n) is 2.56. The van der Waals surface area contributed by atoms with Crippen LogP contribution in [0.4, 0.5) is 5.69 Å². The van der Waals surface area contributed by atoms with E-state index < -0.39 is 0 Å². The third kappa shape index (κ3) is 8.67. The van der Waals surface area contributed by atoms with Crippen molar-refractivity contribution in [2.45, 2.75) is 19.9 Å². The number of pyridine rings is 1. The number of rotatable bonds is 13. The van der Waals surface area contributed by atoms with Gasteiger partial charge in [-0.15, -0.1) is 0 Å². The van der Waals surface area contributed by atoms with Gasteiger partial charge in [0.25, 0.3) is 0 Å².